The van der Waals surface area contributed by atoms with Crippen LogP contribution in [0, 0.1) is 68.0 Å². The van der Waals surface area contributed by atoms with Gasteiger partial charge in [-0.15, -0.1) is 0 Å². The Morgan fingerprint density at radius 1 is 0.615 bits per heavy atom. The summed E-state index contributed by atoms with van der Waals surface area (Å²) in [5, 5.41) is 22.1. The maximum Gasteiger partial charge on any atom is 0.343 e. The van der Waals surface area contributed by atoms with E-state index < -0.39 is 40.9 Å². The molecule has 1 aliphatic heterocycles. The van der Waals surface area contributed by atoms with E-state index in [4.69, 9.17) is 34.3 Å². The number of carbonyl (C=O) groups is 4. The Balaban J connectivity index is 0.00000253. The molecular weight excluding hydrogens is 1030 g/mol. The van der Waals surface area contributed by atoms with Gasteiger partial charge in [-0.05, 0) is 93.5 Å². The van der Waals surface area contributed by atoms with Gasteiger partial charge in [-0.25, -0.2) is 14.6 Å². The molecule has 4 atom stereocenters. The number of allylic oxidation sites excluding steroid dienone is 1. The number of hydrogen-bond acceptors (Lipinski definition) is 8. The van der Waals surface area contributed by atoms with Gasteiger partial charge in [0.15, 0.2) is 11.7 Å². The molecule has 13 heteroatoms. The number of aliphatic hydroxyl groups excluding tert-OH is 1. The van der Waals surface area contributed by atoms with Gasteiger partial charge in [-0.1, -0.05) is 199 Å². The fraction of sp³-hybridized carbons (Fsp3) is 0.600. The molecule has 0 spiro atoms. The van der Waals surface area contributed by atoms with Crippen molar-refractivity contribution in [3.05, 3.63) is 88.8 Å². The normalized spacial score (nSPS) is 24.1. The summed E-state index contributed by atoms with van der Waals surface area (Å²) < 4.78 is 13.9. The monoisotopic (exact) mass is 1120 g/mol. The average molecular weight is 1120 g/mol. The number of amides is 1. The summed E-state index contributed by atoms with van der Waals surface area (Å²) in [4.78, 5) is 69.3. The molecule has 0 bridgehead atoms. The molecule has 2 aliphatic carbocycles. The molecule has 12 nitrogen and oxygen atoms in total. The Labute approximate surface area is 480 Å². The SMILES string of the molecule is CC(=O)O.CC1CC(C(C)(C)C)C(OC(=O)C2=C(c3ccccc3)C(=Cc3[n-]c(NC(=O)C(C)(C)C)c(C(=O)OC4C(C(C)(C)C)CC(C)CC4C(C)(C)C)c3-c3ccccc3)N=C2N=C(O)C(C)(C)C)C(C(C)(C)C)C1.[Zn]. The first-order valence-electron chi connectivity index (χ1n) is 27.8. The van der Waals surface area contributed by atoms with Crippen molar-refractivity contribution in [1.82, 2.24) is 4.98 Å². The fourth-order valence-electron chi connectivity index (χ4n) is 11.3. The van der Waals surface area contributed by atoms with E-state index in [1.165, 1.54) is 0 Å². The van der Waals surface area contributed by atoms with Crippen LogP contribution in [0.1, 0.15) is 193 Å². The number of aliphatic hydroxyl groups is 1. The van der Waals surface area contributed by atoms with Crippen LogP contribution in [0.25, 0.3) is 22.8 Å². The van der Waals surface area contributed by atoms with Crippen molar-refractivity contribution in [1.29, 1.82) is 0 Å². The molecular formula is C65H93N4O8Zn-. The topological polar surface area (TPSA) is 178 Å². The molecule has 2 fully saturated rings. The van der Waals surface area contributed by atoms with E-state index in [1.807, 2.05) is 102 Å². The van der Waals surface area contributed by atoms with Crippen LogP contribution in [0.4, 0.5) is 5.82 Å². The maximum atomic E-state index is 15.6. The summed E-state index contributed by atoms with van der Waals surface area (Å²) in [7, 11) is 0. The van der Waals surface area contributed by atoms with Crippen molar-refractivity contribution in [2.75, 3.05) is 5.32 Å². The molecule has 0 saturated heterocycles. The number of aliphatic carboxylic acids is 1. The first-order valence-corrected chi connectivity index (χ1v) is 27.8. The Morgan fingerprint density at radius 2 is 1.00 bits per heavy atom. The van der Waals surface area contributed by atoms with Gasteiger partial charge in [0, 0.05) is 66.5 Å². The number of aromatic nitrogens is 1. The van der Waals surface area contributed by atoms with E-state index in [9.17, 15) is 9.90 Å². The standard InChI is InChI=1S/C63H90N4O6.C2H4O2.Zn/c1-36-31-40(58(3,4)5)50(41(32-36)59(6,7)8)72-54(68)48-46(38-27-23-21-24-28-38)44(64-52(48)66-56(70)62(15,16)17)35-45-47(39-29-25-22-26-30-39)49(53(65-45)67-57(71)63(18,19)20)55(69)73-51-42(60(9,10)11)33-37(2)34-43(51)61(12,13)14;1-2(3)4;/h21-30,35-37,40-43,50-51H,31-34H2,1-20H3,(H3,64,65,66,67,68,69,70,71);1H3,(H,3,4);/p-1. The van der Waals surface area contributed by atoms with Crippen molar-refractivity contribution < 1.29 is 58.3 Å². The van der Waals surface area contributed by atoms with Gasteiger partial charge < -0.3 is 30.0 Å². The number of anilines is 1. The summed E-state index contributed by atoms with van der Waals surface area (Å²) in [6.45, 7) is 43.3. The molecule has 78 heavy (non-hydrogen) atoms. The van der Waals surface area contributed by atoms with E-state index in [1.54, 1.807) is 6.08 Å². The summed E-state index contributed by atoms with van der Waals surface area (Å²) in [6, 6.07) is 19.1. The number of carboxylic acid groups (broad SMARTS) is 1. The average Bonchev–Trinajstić information content (AvgIpc) is 3.82. The van der Waals surface area contributed by atoms with Crippen LogP contribution in [0.2, 0.25) is 0 Å². The van der Waals surface area contributed by atoms with Crippen molar-refractivity contribution >= 4 is 53.0 Å². The second-order valence-electron chi connectivity index (χ2n) is 28.7. The minimum atomic E-state index is -0.843. The zero-order valence-electron chi connectivity index (χ0n) is 51.2. The predicted octanol–water partition coefficient (Wildman–Crippen LogP) is 15.5. The largest absolute Gasteiger partial charge is 0.496 e. The summed E-state index contributed by atoms with van der Waals surface area (Å²) in [6.07, 6.45) is 4.55. The third kappa shape index (κ3) is 16.0. The summed E-state index contributed by atoms with van der Waals surface area (Å²) in [5.41, 5.74) is 0.808. The minimum Gasteiger partial charge on any atom is -0.496 e. The van der Waals surface area contributed by atoms with Crippen LogP contribution in [0.15, 0.2) is 81.9 Å². The Morgan fingerprint density at radius 3 is 1.37 bits per heavy atom. The third-order valence-electron chi connectivity index (χ3n) is 15.7. The molecule has 4 unspecified atom stereocenters. The smallest absolute Gasteiger partial charge is 0.343 e. The number of carbonyl (C=O) groups excluding carboxylic acids is 3. The van der Waals surface area contributed by atoms with E-state index in [-0.39, 0.29) is 99.4 Å². The van der Waals surface area contributed by atoms with Gasteiger partial charge in [-0.3, -0.25) is 9.59 Å². The van der Waals surface area contributed by atoms with E-state index in [0.717, 1.165) is 32.6 Å². The van der Waals surface area contributed by atoms with E-state index in [0.29, 0.717) is 45.5 Å². The van der Waals surface area contributed by atoms with Gasteiger partial charge in [0.05, 0.1) is 11.3 Å². The first-order chi connectivity index (χ1) is 35.2. The summed E-state index contributed by atoms with van der Waals surface area (Å²) >= 11 is 0. The molecule has 1 amide bonds. The van der Waals surface area contributed by atoms with Crippen LogP contribution in [-0.2, 0) is 43.3 Å². The molecule has 6 rings (SSSR count). The van der Waals surface area contributed by atoms with Gasteiger partial charge in [0.1, 0.15) is 23.7 Å². The maximum absolute atomic E-state index is 15.6. The number of nitrogens with one attached hydrogen (secondary N) is 1. The van der Waals surface area contributed by atoms with Gasteiger partial charge >= 0.3 is 11.9 Å². The van der Waals surface area contributed by atoms with Crippen LogP contribution in [-0.4, -0.2) is 58.0 Å². The Bertz CT molecular complexity index is 2690. The molecule has 2 aromatic carbocycles. The number of benzene rings is 2. The fourth-order valence-corrected chi connectivity index (χ4v) is 11.3. The second-order valence-corrected chi connectivity index (χ2v) is 28.7. The van der Waals surface area contributed by atoms with Gasteiger partial charge in [0.25, 0.3) is 5.97 Å². The number of carboxylic acids is 1. The molecule has 0 radical (unpaired) electrons. The van der Waals surface area contributed by atoms with Crippen LogP contribution >= 0.6 is 0 Å². The van der Waals surface area contributed by atoms with Crippen molar-refractivity contribution in [2.24, 2.45) is 78.0 Å². The Hall–Kier alpha value is -5.16. The molecule has 3 aromatic rings. The molecule has 3 aliphatic rings. The van der Waals surface area contributed by atoms with Crippen molar-refractivity contribution in [3.8, 4) is 11.1 Å². The number of rotatable bonds is 8. The number of aliphatic imine (C=N–C) groups is 2. The van der Waals surface area contributed by atoms with Crippen LogP contribution in [0.5, 0.6) is 0 Å². The van der Waals surface area contributed by atoms with E-state index in [2.05, 4.69) is 102 Å². The molecule has 424 valence electrons. The molecule has 2 saturated carbocycles. The second kappa shape index (κ2) is 24.7. The first kappa shape index (κ1) is 65.4. The minimum absolute atomic E-state index is 0. The Kier molecular flexibility index (Phi) is 20.7. The number of nitrogens with zero attached hydrogens (tertiary/aromatic N) is 3. The summed E-state index contributed by atoms with van der Waals surface area (Å²) in [5.74, 6) is -1.33. The number of hydrogen-bond donors (Lipinski definition) is 3. The molecule has 2 heterocycles. The van der Waals surface area contributed by atoms with Gasteiger partial charge in [-0.2, -0.15) is 4.99 Å². The predicted molar refractivity (Wildman–Crippen MR) is 313 cm³/mol. The van der Waals surface area contributed by atoms with Gasteiger partial charge in [0.2, 0.25) is 0 Å². The zero-order chi connectivity index (χ0) is 58.1. The van der Waals surface area contributed by atoms with Crippen molar-refractivity contribution in [2.45, 2.75) is 183 Å². The quantitative estimate of drug-likeness (QED) is 0.0857. The molecule has 3 N–H and O–H groups in total. The van der Waals surface area contributed by atoms with Crippen LogP contribution in [0.3, 0.4) is 0 Å². The number of esters is 2. The van der Waals surface area contributed by atoms with Crippen LogP contribution < -0.4 is 10.3 Å². The van der Waals surface area contributed by atoms with E-state index >= 15 is 9.59 Å². The number of amidine groups is 1. The van der Waals surface area contributed by atoms with Crippen molar-refractivity contribution in [3.63, 3.8) is 0 Å². The number of ether oxygens (including phenoxy) is 2. The zero-order valence-corrected chi connectivity index (χ0v) is 54.2. The third-order valence-corrected chi connectivity index (χ3v) is 15.7. The molecule has 1 aromatic heterocycles.